The highest BCUT2D eigenvalue weighted by molar-refractivity contribution is 6.14. The van der Waals surface area contributed by atoms with Crippen LogP contribution >= 0.6 is 0 Å². The molecule has 158 valence electrons. The largest absolute Gasteiger partial charge is 0.325 e. The van der Waals surface area contributed by atoms with Crippen LogP contribution in [0.25, 0.3) is 0 Å². The van der Waals surface area contributed by atoms with Crippen LogP contribution in [0.2, 0.25) is 0 Å². The van der Waals surface area contributed by atoms with E-state index >= 15 is 0 Å². The number of hydrogen-bond donors (Lipinski definition) is 1. The van der Waals surface area contributed by atoms with Gasteiger partial charge in [0.1, 0.15) is 17.5 Å². The number of anilines is 1. The van der Waals surface area contributed by atoms with E-state index in [0.717, 1.165) is 0 Å². The topological polar surface area (TPSA) is 63.2 Å². The molecule has 1 amide bonds. The number of hydrogen-bond acceptors (Lipinski definition) is 3. The van der Waals surface area contributed by atoms with E-state index in [1.54, 1.807) is 68.4 Å². The van der Waals surface area contributed by atoms with Gasteiger partial charge in [0.05, 0.1) is 5.92 Å². The smallest absolute Gasteiger partial charge is 0.236 e. The first-order valence-electron chi connectivity index (χ1n) is 10.1. The lowest BCUT2D eigenvalue weighted by atomic mass is 9.75. The number of benzene rings is 3. The van der Waals surface area contributed by atoms with E-state index in [-0.39, 0.29) is 11.6 Å². The second-order valence-electron chi connectivity index (χ2n) is 7.65. The summed E-state index contributed by atoms with van der Waals surface area (Å²) in [4.78, 5) is 40.1. The number of Topliss-reactive ketones (excluding diaryl/α,β-unsaturated/α-hetero) is 2. The van der Waals surface area contributed by atoms with Gasteiger partial charge < -0.3 is 5.32 Å². The molecular weight excluding hydrogens is 393 g/mol. The van der Waals surface area contributed by atoms with Crippen molar-refractivity contribution in [3.8, 4) is 0 Å². The summed E-state index contributed by atoms with van der Waals surface area (Å²) < 4.78 is 13.6. The number of rotatable bonds is 8. The lowest BCUT2D eigenvalue weighted by Crippen LogP contribution is -2.40. The molecule has 4 nitrogen and oxygen atoms in total. The molecule has 0 aromatic heterocycles. The minimum Gasteiger partial charge on any atom is -0.325 e. The lowest BCUT2D eigenvalue weighted by molar-refractivity contribution is -0.133. The zero-order valence-corrected chi connectivity index (χ0v) is 17.4. The predicted molar refractivity (Wildman–Crippen MR) is 118 cm³/mol. The second-order valence-corrected chi connectivity index (χ2v) is 7.65. The Morgan fingerprint density at radius 2 is 1.32 bits per heavy atom. The molecule has 0 saturated carbocycles. The van der Waals surface area contributed by atoms with Gasteiger partial charge in [-0.25, -0.2) is 4.39 Å². The molecule has 3 rings (SSSR count). The van der Waals surface area contributed by atoms with Crippen LogP contribution in [0.5, 0.6) is 0 Å². The number of halogens is 1. The maximum atomic E-state index is 13.6. The summed E-state index contributed by atoms with van der Waals surface area (Å²) in [5, 5.41) is 2.76. The summed E-state index contributed by atoms with van der Waals surface area (Å²) >= 11 is 0. The third kappa shape index (κ3) is 5.31. The number of nitrogens with one attached hydrogen (secondary N) is 1. The van der Waals surface area contributed by atoms with E-state index in [9.17, 15) is 18.8 Å². The lowest BCUT2D eigenvalue weighted by Gasteiger charge is -2.26. The van der Waals surface area contributed by atoms with Crippen molar-refractivity contribution in [3.05, 3.63) is 102 Å². The monoisotopic (exact) mass is 417 g/mol. The van der Waals surface area contributed by atoms with E-state index in [2.05, 4.69) is 5.32 Å². The van der Waals surface area contributed by atoms with E-state index in [0.29, 0.717) is 16.8 Å². The molecule has 2 unspecified atom stereocenters. The van der Waals surface area contributed by atoms with Gasteiger partial charge in [-0.3, -0.25) is 14.4 Å². The molecule has 0 aliphatic rings. The van der Waals surface area contributed by atoms with Crippen LogP contribution < -0.4 is 5.32 Å². The van der Waals surface area contributed by atoms with E-state index < -0.39 is 29.5 Å². The SMILES string of the molecule is CC(C)C(=O)C(C(=O)Nc1ccccc1)C(C(=O)c1ccccc1)c1ccc(F)cc1. The van der Waals surface area contributed by atoms with Gasteiger partial charge in [-0.1, -0.05) is 74.5 Å². The molecule has 31 heavy (non-hydrogen) atoms. The number of amides is 1. The number of para-hydroxylation sites is 1. The first-order valence-corrected chi connectivity index (χ1v) is 10.1. The summed E-state index contributed by atoms with van der Waals surface area (Å²) in [7, 11) is 0. The molecule has 0 spiro atoms. The van der Waals surface area contributed by atoms with Crippen LogP contribution in [0.3, 0.4) is 0 Å². The van der Waals surface area contributed by atoms with Gasteiger partial charge >= 0.3 is 0 Å². The van der Waals surface area contributed by atoms with Crippen LogP contribution in [-0.2, 0) is 9.59 Å². The van der Waals surface area contributed by atoms with Gasteiger partial charge in [-0.15, -0.1) is 0 Å². The molecule has 0 saturated heterocycles. The molecule has 3 aromatic rings. The molecule has 0 aliphatic heterocycles. The van der Waals surface area contributed by atoms with Crippen LogP contribution in [0, 0.1) is 17.7 Å². The summed E-state index contributed by atoms with van der Waals surface area (Å²) in [6, 6.07) is 22.6. The Bertz CT molecular complexity index is 1050. The summed E-state index contributed by atoms with van der Waals surface area (Å²) in [6.45, 7) is 3.39. The molecular formula is C26H24FNO3. The van der Waals surface area contributed by atoms with E-state index in [1.165, 1.54) is 24.3 Å². The fourth-order valence-corrected chi connectivity index (χ4v) is 3.49. The van der Waals surface area contributed by atoms with Crippen LogP contribution in [0.15, 0.2) is 84.9 Å². The molecule has 5 heteroatoms. The Morgan fingerprint density at radius 1 is 0.774 bits per heavy atom. The summed E-state index contributed by atoms with van der Waals surface area (Å²) in [5.74, 6) is -4.57. The zero-order chi connectivity index (χ0) is 22.4. The van der Waals surface area contributed by atoms with Gasteiger partial charge in [-0.05, 0) is 29.8 Å². The van der Waals surface area contributed by atoms with Crippen molar-refractivity contribution in [2.24, 2.45) is 11.8 Å². The van der Waals surface area contributed by atoms with Crippen molar-refractivity contribution in [2.45, 2.75) is 19.8 Å². The molecule has 0 radical (unpaired) electrons. The highest BCUT2D eigenvalue weighted by Crippen LogP contribution is 2.32. The second kappa shape index (κ2) is 9.94. The zero-order valence-electron chi connectivity index (χ0n) is 17.4. The molecule has 0 heterocycles. The number of carbonyl (C=O) groups excluding carboxylic acids is 3. The van der Waals surface area contributed by atoms with Crippen molar-refractivity contribution in [1.82, 2.24) is 0 Å². The van der Waals surface area contributed by atoms with Gasteiger partial charge in [0.15, 0.2) is 5.78 Å². The van der Waals surface area contributed by atoms with Gasteiger partial charge in [0.25, 0.3) is 0 Å². The number of ketones is 2. The van der Waals surface area contributed by atoms with Gasteiger partial charge in [-0.2, -0.15) is 0 Å². The average molecular weight is 417 g/mol. The predicted octanol–water partition coefficient (Wildman–Crippen LogP) is 5.27. The quantitative estimate of drug-likeness (QED) is 0.401. The van der Waals surface area contributed by atoms with E-state index in [4.69, 9.17) is 0 Å². The summed E-state index contributed by atoms with van der Waals surface area (Å²) in [5.41, 5.74) is 1.32. The fraction of sp³-hybridized carbons (Fsp3) is 0.192. The summed E-state index contributed by atoms with van der Waals surface area (Å²) in [6.07, 6.45) is 0. The Morgan fingerprint density at radius 3 is 1.87 bits per heavy atom. The Balaban J connectivity index is 2.09. The first kappa shape index (κ1) is 22.1. The Labute approximate surface area is 181 Å². The highest BCUT2D eigenvalue weighted by Gasteiger charge is 2.41. The van der Waals surface area contributed by atoms with Crippen LogP contribution in [0.4, 0.5) is 10.1 Å². The normalized spacial score (nSPS) is 12.8. The highest BCUT2D eigenvalue weighted by atomic mass is 19.1. The minimum absolute atomic E-state index is 0.355. The van der Waals surface area contributed by atoms with Crippen molar-refractivity contribution < 1.29 is 18.8 Å². The minimum atomic E-state index is -1.27. The third-order valence-electron chi connectivity index (χ3n) is 5.10. The molecule has 0 aliphatic carbocycles. The molecule has 3 aromatic carbocycles. The third-order valence-corrected chi connectivity index (χ3v) is 5.10. The molecule has 1 N–H and O–H groups in total. The van der Waals surface area contributed by atoms with Gasteiger partial charge in [0, 0.05) is 17.2 Å². The fourth-order valence-electron chi connectivity index (χ4n) is 3.49. The molecule has 0 bridgehead atoms. The van der Waals surface area contributed by atoms with E-state index in [1.807, 2.05) is 6.07 Å². The Kier molecular flexibility index (Phi) is 7.08. The maximum absolute atomic E-state index is 13.6. The standard InChI is InChI=1S/C26H24FNO3/c1-17(2)24(29)23(26(31)28-21-11-7-4-8-12-21)22(18-13-15-20(27)16-14-18)25(30)19-9-5-3-6-10-19/h3-17,22-23H,1-2H3,(H,28,31). The maximum Gasteiger partial charge on any atom is 0.236 e. The first-order chi connectivity index (χ1) is 14.9. The van der Waals surface area contributed by atoms with Crippen molar-refractivity contribution in [2.75, 3.05) is 5.32 Å². The average Bonchev–Trinajstić information content (AvgIpc) is 2.78. The number of carbonyl (C=O) groups is 3. The molecule has 0 fully saturated rings. The van der Waals surface area contributed by atoms with Crippen molar-refractivity contribution in [3.63, 3.8) is 0 Å². The molecule has 2 atom stereocenters. The van der Waals surface area contributed by atoms with Gasteiger partial charge in [0.2, 0.25) is 5.91 Å². The van der Waals surface area contributed by atoms with Crippen LogP contribution in [0.1, 0.15) is 35.7 Å². The van der Waals surface area contributed by atoms with Crippen LogP contribution in [-0.4, -0.2) is 17.5 Å². The van der Waals surface area contributed by atoms with Crippen molar-refractivity contribution in [1.29, 1.82) is 0 Å². The Hall–Kier alpha value is -3.60. The van der Waals surface area contributed by atoms with Crippen molar-refractivity contribution >= 4 is 23.2 Å².